The molecule has 0 saturated carbocycles. The Bertz CT molecular complexity index is 611. The lowest BCUT2D eigenvalue weighted by Crippen LogP contribution is -2.56. The fraction of sp³-hybridized carbons (Fsp3) is 0.529. The van der Waals surface area contributed by atoms with Crippen molar-refractivity contribution in [3.8, 4) is 0 Å². The number of hydrogen-bond donors (Lipinski definition) is 1. The lowest BCUT2D eigenvalue weighted by atomic mass is 10.1. The minimum atomic E-state index is -0.429. The maximum Gasteiger partial charge on any atom is 0.240 e. The van der Waals surface area contributed by atoms with Crippen LogP contribution in [0.1, 0.15) is 12.0 Å². The first kappa shape index (κ1) is 20.2. The van der Waals surface area contributed by atoms with Crippen LogP contribution in [0.4, 0.5) is 0 Å². The molecule has 2 aliphatic rings. The van der Waals surface area contributed by atoms with Crippen molar-refractivity contribution < 1.29 is 14.3 Å². The van der Waals surface area contributed by atoms with Crippen molar-refractivity contribution in [3.63, 3.8) is 0 Å². The van der Waals surface area contributed by atoms with E-state index in [2.05, 4.69) is 21.2 Å². The third kappa shape index (κ3) is 5.41. The summed E-state index contributed by atoms with van der Waals surface area (Å²) in [6.07, 6.45) is 0.216. The van der Waals surface area contributed by atoms with Gasteiger partial charge in [0.05, 0.1) is 25.7 Å². The highest BCUT2D eigenvalue weighted by Gasteiger charge is 2.31. The first-order valence-electron chi connectivity index (χ1n) is 8.25. The zero-order valence-corrected chi connectivity index (χ0v) is 16.4. The summed E-state index contributed by atoms with van der Waals surface area (Å²) >= 11 is 3.45. The number of nitrogens with zero attached hydrogens (tertiary/aromatic N) is 2. The van der Waals surface area contributed by atoms with Crippen molar-refractivity contribution in [2.45, 2.75) is 19.0 Å². The Kier molecular flexibility index (Phi) is 7.68. The van der Waals surface area contributed by atoms with Gasteiger partial charge in [-0.3, -0.25) is 9.59 Å². The number of carbonyl (C=O) groups excluding carboxylic acids is 2. The van der Waals surface area contributed by atoms with Gasteiger partial charge in [-0.15, -0.1) is 12.4 Å². The van der Waals surface area contributed by atoms with E-state index in [1.54, 1.807) is 4.90 Å². The second kappa shape index (κ2) is 9.52. The van der Waals surface area contributed by atoms with Gasteiger partial charge >= 0.3 is 0 Å². The number of piperazine rings is 1. The van der Waals surface area contributed by atoms with Gasteiger partial charge in [0.25, 0.3) is 0 Å². The molecule has 138 valence electrons. The summed E-state index contributed by atoms with van der Waals surface area (Å²) < 4.78 is 6.27. The largest absolute Gasteiger partial charge is 0.378 e. The van der Waals surface area contributed by atoms with Gasteiger partial charge in [0, 0.05) is 37.2 Å². The molecule has 1 aromatic carbocycles. The minimum Gasteiger partial charge on any atom is -0.378 e. The van der Waals surface area contributed by atoms with Gasteiger partial charge in [0.1, 0.15) is 0 Å². The summed E-state index contributed by atoms with van der Waals surface area (Å²) in [5.74, 6) is 0.0243. The van der Waals surface area contributed by atoms with E-state index in [9.17, 15) is 9.59 Å². The third-order valence-electron chi connectivity index (χ3n) is 4.39. The van der Waals surface area contributed by atoms with E-state index in [-0.39, 0.29) is 30.6 Å². The highest BCUT2D eigenvalue weighted by molar-refractivity contribution is 9.10. The smallest absolute Gasteiger partial charge is 0.240 e. The van der Waals surface area contributed by atoms with Crippen molar-refractivity contribution >= 4 is 40.2 Å². The first-order chi connectivity index (χ1) is 11.6. The van der Waals surface area contributed by atoms with Gasteiger partial charge in [-0.25, -0.2) is 0 Å². The third-order valence-corrected chi connectivity index (χ3v) is 4.88. The molecule has 0 aromatic heterocycles. The topological polar surface area (TPSA) is 61.9 Å². The molecule has 6 nitrogen and oxygen atoms in total. The molecule has 0 bridgehead atoms. The first-order valence-corrected chi connectivity index (χ1v) is 9.05. The summed E-state index contributed by atoms with van der Waals surface area (Å²) in [5.41, 5.74) is 1.08. The van der Waals surface area contributed by atoms with Crippen molar-refractivity contribution in [2.75, 3.05) is 39.4 Å². The van der Waals surface area contributed by atoms with E-state index >= 15 is 0 Å². The van der Waals surface area contributed by atoms with Crippen LogP contribution in [-0.2, 0) is 20.9 Å². The molecule has 0 radical (unpaired) electrons. The van der Waals surface area contributed by atoms with Gasteiger partial charge in [0.2, 0.25) is 11.8 Å². The molecular weight excluding hydrogens is 410 g/mol. The molecule has 3 rings (SSSR count). The van der Waals surface area contributed by atoms with E-state index in [1.165, 1.54) is 0 Å². The molecule has 2 amide bonds. The average molecular weight is 433 g/mol. The van der Waals surface area contributed by atoms with E-state index in [0.29, 0.717) is 45.9 Å². The average Bonchev–Trinajstić information content (AvgIpc) is 2.59. The Morgan fingerprint density at radius 1 is 1.28 bits per heavy atom. The molecule has 0 aliphatic carbocycles. The number of benzene rings is 1. The normalized spacial score (nSPS) is 21.0. The van der Waals surface area contributed by atoms with Crippen LogP contribution in [0.2, 0.25) is 0 Å². The van der Waals surface area contributed by atoms with Crippen LogP contribution in [-0.4, -0.2) is 67.0 Å². The number of carbonyl (C=O) groups is 2. The maximum absolute atomic E-state index is 12.7. The monoisotopic (exact) mass is 431 g/mol. The zero-order valence-electron chi connectivity index (χ0n) is 13.9. The van der Waals surface area contributed by atoms with E-state index in [1.807, 2.05) is 29.2 Å². The van der Waals surface area contributed by atoms with Crippen LogP contribution >= 0.6 is 28.3 Å². The number of morpholine rings is 1. The van der Waals surface area contributed by atoms with E-state index in [0.717, 1.165) is 10.0 Å². The van der Waals surface area contributed by atoms with Gasteiger partial charge in [-0.05, 0) is 17.7 Å². The Balaban J connectivity index is 0.00000225. The van der Waals surface area contributed by atoms with E-state index < -0.39 is 6.04 Å². The number of ether oxygens (including phenoxy) is 1. The number of halogens is 2. The second-order valence-electron chi connectivity index (χ2n) is 6.09. The molecule has 1 unspecified atom stereocenters. The van der Waals surface area contributed by atoms with Crippen LogP contribution < -0.4 is 5.32 Å². The molecule has 1 atom stereocenters. The maximum atomic E-state index is 12.7. The predicted molar refractivity (Wildman–Crippen MR) is 101 cm³/mol. The van der Waals surface area contributed by atoms with Gasteiger partial charge < -0.3 is 19.9 Å². The van der Waals surface area contributed by atoms with Gasteiger partial charge in [-0.2, -0.15) is 0 Å². The van der Waals surface area contributed by atoms with Crippen molar-refractivity contribution in [1.29, 1.82) is 0 Å². The van der Waals surface area contributed by atoms with Crippen LogP contribution in [0.3, 0.4) is 0 Å². The van der Waals surface area contributed by atoms with Gasteiger partial charge in [0.15, 0.2) is 0 Å². The number of hydrogen-bond acceptors (Lipinski definition) is 4. The number of nitrogens with one attached hydrogen (secondary N) is 1. The second-order valence-corrected chi connectivity index (χ2v) is 7.01. The quantitative estimate of drug-likeness (QED) is 0.782. The summed E-state index contributed by atoms with van der Waals surface area (Å²) in [7, 11) is 0. The molecule has 1 aromatic rings. The van der Waals surface area contributed by atoms with Crippen LogP contribution in [0, 0.1) is 0 Å². The predicted octanol–water partition coefficient (Wildman–Crippen LogP) is 1.42. The lowest BCUT2D eigenvalue weighted by Gasteiger charge is -2.34. The SMILES string of the molecule is Cl.O=C(CC1NCCN(Cc2cccc(Br)c2)C1=O)N1CCOCC1. The molecular formula is C17H23BrClN3O3. The van der Waals surface area contributed by atoms with E-state index in [4.69, 9.17) is 4.74 Å². The lowest BCUT2D eigenvalue weighted by molar-refractivity contribution is -0.143. The Labute approximate surface area is 162 Å². The van der Waals surface area contributed by atoms with Crippen LogP contribution in [0.15, 0.2) is 28.7 Å². The Morgan fingerprint density at radius 3 is 2.76 bits per heavy atom. The van der Waals surface area contributed by atoms with Crippen molar-refractivity contribution in [2.24, 2.45) is 0 Å². The molecule has 8 heteroatoms. The molecule has 2 saturated heterocycles. The van der Waals surface area contributed by atoms with Gasteiger partial charge in [-0.1, -0.05) is 28.1 Å². The summed E-state index contributed by atoms with van der Waals surface area (Å²) in [6.45, 7) is 4.32. The number of rotatable bonds is 4. The van der Waals surface area contributed by atoms with Crippen LogP contribution in [0.25, 0.3) is 0 Å². The molecule has 25 heavy (non-hydrogen) atoms. The molecule has 2 fully saturated rings. The summed E-state index contributed by atoms with van der Waals surface area (Å²) in [6, 6.07) is 7.52. The highest BCUT2D eigenvalue weighted by Crippen LogP contribution is 2.16. The fourth-order valence-electron chi connectivity index (χ4n) is 3.08. The minimum absolute atomic E-state index is 0. The van der Waals surface area contributed by atoms with Crippen molar-refractivity contribution in [3.05, 3.63) is 34.3 Å². The zero-order chi connectivity index (χ0) is 16.9. The molecule has 2 aliphatic heterocycles. The van der Waals surface area contributed by atoms with Crippen LogP contribution in [0.5, 0.6) is 0 Å². The summed E-state index contributed by atoms with van der Waals surface area (Å²) in [5, 5.41) is 3.19. The fourth-order valence-corrected chi connectivity index (χ4v) is 3.53. The van der Waals surface area contributed by atoms with Crippen molar-refractivity contribution in [1.82, 2.24) is 15.1 Å². The highest BCUT2D eigenvalue weighted by atomic mass is 79.9. The Hall–Kier alpha value is -1.15. The summed E-state index contributed by atoms with van der Waals surface area (Å²) in [4.78, 5) is 28.7. The number of amides is 2. The molecule has 0 spiro atoms. The standard InChI is InChI=1S/C17H22BrN3O3.ClH/c18-14-3-1-2-13(10-14)12-21-5-4-19-15(17(21)23)11-16(22)20-6-8-24-9-7-20;/h1-3,10,15,19H,4-9,11-12H2;1H. The molecule has 2 heterocycles. The Morgan fingerprint density at radius 2 is 2.04 bits per heavy atom. The molecule has 1 N–H and O–H groups in total.